The summed E-state index contributed by atoms with van der Waals surface area (Å²) in [5.74, 6) is 0. The minimum Gasteiger partial charge on any atom is -0.382 e. The lowest BCUT2D eigenvalue weighted by Crippen LogP contribution is -2.35. The lowest BCUT2D eigenvalue weighted by Gasteiger charge is -2.25. The average molecular weight is 299 g/mol. The number of hydrogen-bond acceptors (Lipinski definition) is 2. The van der Waals surface area contributed by atoms with Crippen molar-refractivity contribution in [1.29, 1.82) is 0 Å². The van der Waals surface area contributed by atoms with Crippen molar-refractivity contribution in [3.05, 3.63) is 42.5 Å². The van der Waals surface area contributed by atoms with Crippen LogP contribution in [0.2, 0.25) is 0 Å². The van der Waals surface area contributed by atoms with Gasteiger partial charge in [-0.15, -0.1) is 24.8 Å². The Balaban J connectivity index is 0.000000902. The van der Waals surface area contributed by atoms with Gasteiger partial charge in [-0.05, 0) is 37.4 Å². The summed E-state index contributed by atoms with van der Waals surface area (Å²) in [7, 11) is 0. The minimum absolute atomic E-state index is 0. The molecule has 1 aliphatic rings. The van der Waals surface area contributed by atoms with Gasteiger partial charge >= 0.3 is 0 Å². The standard InChI is InChI=1S/C15H18N2.2ClH/c1-2-6-14-12(4-1)5-3-7-15(14)17-13-8-10-16-11-9-13;;/h1-7,13,16-17H,8-11H2;2*1H. The van der Waals surface area contributed by atoms with Crippen molar-refractivity contribution in [2.75, 3.05) is 18.4 Å². The zero-order chi connectivity index (χ0) is 11.5. The van der Waals surface area contributed by atoms with E-state index in [2.05, 4.69) is 53.1 Å². The quantitative estimate of drug-likeness (QED) is 0.880. The van der Waals surface area contributed by atoms with Gasteiger partial charge in [0, 0.05) is 17.1 Å². The summed E-state index contributed by atoms with van der Waals surface area (Å²) in [6.45, 7) is 2.25. The monoisotopic (exact) mass is 298 g/mol. The van der Waals surface area contributed by atoms with E-state index in [-0.39, 0.29) is 24.8 Å². The largest absolute Gasteiger partial charge is 0.382 e. The second-order valence-corrected chi connectivity index (χ2v) is 4.70. The van der Waals surface area contributed by atoms with Crippen molar-refractivity contribution in [1.82, 2.24) is 5.32 Å². The molecule has 0 saturated carbocycles. The SMILES string of the molecule is Cl.Cl.c1ccc2c(NC3CCNCC3)cccc2c1. The van der Waals surface area contributed by atoms with Crippen LogP contribution in [0.25, 0.3) is 10.8 Å². The summed E-state index contributed by atoms with van der Waals surface area (Å²) >= 11 is 0. The molecular weight excluding hydrogens is 279 g/mol. The Hall–Kier alpha value is -0.960. The number of benzene rings is 2. The summed E-state index contributed by atoms with van der Waals surface area (Å²) in [4.78, 5) is 0. The molecule has 104 valence electrons. The van der Waals surface area contributed by atoms with Crippen LogP contribution in [0.3, 0.4) is 0 Å². The van der Waals surface area contributed by atoms with Crippen LogP contribution < -0.4 is 10.6 Å². The second kappa shape index (κ2) is 7.59. The Morgan fingerprint density at radius 2 is 1.58 bits per heavy atom. The summed E-state index contributed by atoms with van der Waals surface area (Å²) in [6.07, 6.45) is 2.42. The molecule has 0 amide bonds. The molecular formula is C15H20Cl2N2. The fourth-order valence-electron chi connectivity index (χ4n) is 2.54. The van der Waals surface area contributed by atoms with Crippen LogP contribution in [0.15, 0.2) is 42.5 Å². The summed E-state index contributed by atoms with van der Waals surface area (Å²) < 4.78 is 0. The van der Waals surface area contributed by atoms with E-state index < -0.39 is 0 Å². The Labute approximate surface area is 126 Å². The Morgan fingerprint density at radius 1 is 0.895 bits per heavy atom. The van der Waals surface area contributed by atoms with Gasteiger partial charge in [0.05, 0.1) is 0 Å². The van der Waals surface area contributed by atoms with Gasteiger partial charge in [0.25, 0.3) is 0 Å². The first-order chi connectivity index (χ1) is 8.43. The molecule has 2 aromatic carbocycles. The first-order valence-corrected chi connectivity index (χ1v) is 6.38. The smallest absolute Gasteiger partial charge is 0.0422 e. The third-order valence-electron chi connectivity index (χ3n) is 3.49. The Morgan fingerprint density at radius 3 is 2.37 bits per heavy atom. The Kier molecular flexibility index (Phi) is 6.43. The average Bonchev–Trinajstić information content (AvgIpc) is 2.40. The van der Waals surface area contributed by atoms with E-state index in [9.17, 15) is 0 Å². The molecule has 2 N–H and O–H groups in total. The third kappa shape index (κ3) is 3.75. The zero-order valence-electron chi connectivity index (χ0n) is 10.8. The molecule has 0 bridgehead atoms. The summed E-state index contributed by atoms with van der Waals surface area (Å²) in [5, 5.41) is 9.72. The lowest BCUT2D eigenvalue weighted by molar-refractivity contribution is 0.479. The number of rotatable bonds is 2. The van der Waals surface area contributed by atoms with Crippen LogP contribution in [0.5, 0.6) is 0 Å². The van der Waals surface area contributed by atoms with Gasteiger partial charge in [-0.3, -0.25) is 0 Å². The van der Waals surface area contributed by atoms with Crippen molar-refractivity contribution in [3.8, 4) is 0 Å². The highest BCUT2D eigenvalue weighted by Gasteiger charge is 2.13. The van der Waals surface area contributed by atoms with Crippen LogP contribution in [0.4, 0.5) is 5.69 Å². The van der Waals surface area contributed by atoms with Gasteiger partial charge in [0.15, 0.2) is 0 Å². The van der Waals surface area contributed by atoms with Gasteiger partial charge in [0.2, 0.25) is 0 Å². The molecule has 1 aliphatic heterocycles. The van der Waals surface area contributed by atoms with E-state index in [1.165, 1.54) is 29.3 Å². The molecule has 0 aromatic heterocycles. The fraction of sp³-hybridized carbons (Fsp3) is 0.333. The highest BCUT2D eigenvalue weighted by atomic mass is 35.5. The predicted octanol–water partition coefficient (Wildman–Crippen LogP) is 3.85. The first kappa shape index (κ1) is 16.1. The lowest BCUT2D eigenvalue weighted by atomic mass is 10.0. The highest BCUT2D eigenvalue weighted by molar-refractivity contribution is 5.93. The van der Waals surface area contributed by atoms with Crippen molar-refractivity contribution in [2.45, 2.75) is 18.9 Å². The number of nitrogens with one attached hydrogen (secondary N) is 2. The van der Waals surface area contributed by atoms with E-state index in [0.717, 1.165) is 13.1 Å². The predicted molar refractivity (Wildman–Crippen MR) is 88.0 cm³/mol. The topological polar surface area (TPSA) is 24.1 Å². The first-order valence-electron chi connectivity index (χ1n) is 6.38. The molecule has 0 radical (unpaired) electrons. The second-order valence-electron chi connectivity index (χ2n) is 4.70. The number of hydrogen-bond donors (Lipinski definition) is 2. The third-order valence-corrected chi connectivity index (χ3v) is 3.49. The molecule has 2 aromatic rings. The normalized spacial score (nSPS) is 15.4. The van der Waals surface area contributed by atoms with Crippen molar-refractivity contribution >= 4 is 41.3 Å². The molecule has 0 spiro atoms. The number of piperidine rings is 1. The van der Waals surface area contributed by atoms with Gasteiger partial charge in [0.1, 0.15) is 0 Å². The van der Waals surface area contributed by atoms with E-state index in [4.69, 9.17) is 0 Å². The van der Waals surface area contributed by atoms with Crippen LogP contribution in [0.1, 0.15) is 12.8 Å². The maximum atomic E-state index is 3.68. The molecule has 1 saturated heterocycles. The molecule has 4 heteroatoms. The molecule has 1 fully saturated rings. The van der Waals surface area contributed by atoms with Crippen LogP contribution in [0, 0.1) is 0 Å². The van der Waals surface area contributed by atoms with Crippen LogP contribution in [-0.2, 0) is 0 Å². The van der Waals surface area contributed by atoms with Crippen LogP contribution >= 0.6 is 24.8 Å². The maximum Gasteiger partial charge on any atom is 0.0422 e. The molecule has 0 unspecified atom stereocenters. The number of anilines is 1. The number of halogens is 2. The molecule has 19 heavy (non-hydrogen) atoms. The van der Waals surface area contributed by atoms with Crippen molar-refractivity contribution in [2.24, 2.45) is 0 Å². The summed E-state index contributed by atoms with van der Waals surface area (Å²) in [6, 6.07) is 15.7. The molecule has 1 heterocycles. The van der Waals surface area contributed by atoms with Gasteiger partial charge in [-0.1, -0.05) is 36.4 Å². The van der Waals surface area contributed by atoms with E-state index in [1.807, 2.05) is 0 Å². The molecule has 2 nitrogen and oxygen atoms in total. The molecule has 3 rings (SSSR count). The summed E-state index contributed by atoms with van der Waals surface area (Å²) in [5.41, 5.74) is 1.27. The van der Waals surface area contributed by atoms with Crippen LogP contribution in [-0.4, -0.2) is 19.1 Å². The van der Waals surface area contributed by atoms with Gasteiger partial charge < -0.3 is 10.6 Å². The Bertz CT molecular complexity index is 505. The highest BCUT2D eigenvalue weighted by Crippen LogP contribution is 2.24. The molecule has 0 aliphatic carbocycles. The van der Waals surface area contributed by atoms with E-state index in [1.54, 1.807) is 0 Å². The van der Waals surface area contributed by atoms with Gasteiger partial charge in [-0.2, -0.15) is 0 Å². The zero-order valence-corrected chi connectivity index (χ0v) is 12.4. The maximum absolute atomic E-state index is 3.68. The van der Waals surface area contributed by atoms with E-state index in [0.29, 0.717) is 6.04 Å². The number of fused-ring (bicyclic) bond motifs is 1. The fourth-order valence-corrected chi connectivity index (χ4v) is 2.54. The van der Waals surface area contributed by atoms with Crippen molar-refractivity contribution < 1.29 is 0 Å². The van der Waals surface area contributed by atoms with Gasteiger partial charge in [-0.25, -0.2) is 0 Å². The van der Waals surface area contributed by atoms with Crippen molar-refractivity contribution in [3.63, 3.8) is 0 Å². The van der Waals surface area contributed by atoms with E-state index >= 15 is 0 Å². The molecule has 0 atom stereocenters. The minimum atomic E-state index is 0.